The van der Waals surface area contributed by atoms with Crippen LogP contribution >= 0.6 is 0 Å². The summed E-state index contributed by atoms with van der Waals surface area (Å²) in [7, 11) is 0. The van der Waals surface area contributed by atoms with Crippen molar-refractivity contribution < 1.29 is 23.8 Å². The highest BCUT2D eigenvalue weighted by molar-refractivity contribution is 5.69. The van der Waals surface area contributed by atoms with Gasteiger partial charge in [-0.15, -0.1) is 0 Å². The first-order valence-electron chi connectivity index (χ1n) is 29.2. The van der Waals surface area contributed by atoms with Crippen molar-refractivity contribution in [2.45, 2.75) is 309 Å². The van der Waals surface area contributed by atoms with Gasteiger partial charge in [-0.1, -0.05) is 256 Å². The minimum atomic E-state index is -0.414. The fraction of sp³-hybridized carbons (Fsp3) is 0.836. The zero-order chi connectivity index (χ0) is 47.7. The molecule has 0 radical (unpaired) electrons. The highest BCUT2D eigenvalue weighted by Gasteiger charge is 2.16. The molecule has 386 valence electrons. The molecular formula is C61H112O5. The van der Waals surface area contributed by atoms with Crippen molar-refractivity contribution in [3.8, 4) is 0 Å². The van der Waals surface area contributed by atoms with Crippen LogP contribution < -0.4 is 0 Å². The van der Waals surface area contributed by atoms with Gasteiger partial charge < -0.3 is 14.2 Å². The zero-order valence-corrected chi connectivity index (χ0v) is 44.5. The predicted molar refractivity (Wildman–Crippen MR) is 288 cm³/mol. The van der Waals surface area contributed by atoms with Gasteiger partial charge in [0.25, 0.3) is 0 Å². The van der Waals surface area contributed by atoms with Crippen LogP contribution in [0.2, 0.25) is 0 Å². The predicted octanol–water partition coefficient (Wildman–Crippen LogP) is 19.9. The maximum atomic E-state index is 12.7. The van der Waals surface area contributed by atoms with Crippen LogP contribution in [0.5, 0.6) is 0 Å². The minimum Gasteiger partial charge on any atom is -0.463 e. The van der Waals surface area contributed by atoms with Gasteiger partial charge in [-0.3, -0.25) is 9.59 Å². The molecule has 0 saturated carbocycles. The Balaban J connectivity index is 4.27. The first-order valence-corrected chi connectivity index (χ1v) is 29.2. The van der Waals surface area contributed by atoms with Gasteiger partial charge in [0.2, 0.25) is 0 Å². The summed E-state index contributed by atoms with van der Waals surface area (Å²) >= 11 is 0. The SMILES string of the molecule is CCCCC/C=C\C/C=C\C/C=C\CCCCC(=O)OC[C@H](COC(=O)CCCCCCCCCCC/C=C\CCCCCCCC)OCCCCCCCCCCCCCCCCCC. The van der Waals surface area contributed by atoms with E-state index < -0.39 is 6.10 Å². The van der Waals surface area contributed by atoms with E-state index in [4.69, 9.17) is 14.2 Å². The average Bonchev–Trinajstić information content (AvgIpc) is 3.32. The molecular weight excluding hydrogens is 813 g/mol. The Bertz CT molecular complexity index is 1090. The number of rotatable bonds is 54. The summed E-state index contributed by atoms with van der Waals surface area (Å²) in [5.74, 6) is -0.366. The van der Waals surface area contributed by atoms with Gasteiger partial charge in [0.05, 0.1) is 0 Å². The Morgan fingerprint density at radius 1 is 0.318 bits per heavy atom. The van der Waals surface area contributed by atoms with Crippen LogP contribution in [0.1, 0.15) is 303 Å². The van der Waals surface area contributed by atoms with Gasteiger partial charge in [-0.25, -0.2) is 0 Å². The third-order valence-corrected chi connectivity index (χ3v) is 12.9. The molecule has 0 rings (SSSR count). The smallest absolute Gasteiger partial charge is 0.305 e. The average molecular weight is 926 g/mol. The Labute approximate surface area is 412 Å². The maximum absolute atomic E-state index is 12.7. The van der Waals surface area contributed by atoms with Gasteiger partial charge in [-0.05, 0) is 83.5 Å². The highest BCUT2D eigenvalue weighted by Crippen LogP contribution is 2.16. The Morgan fingerprint density at radius 3 is 0.970 bits per heavy atom. The Morgan fingerprint density at radius 2 is 0.576 bits per heavy atom. The summed E-state index contributed by atoms with van der Waals surface area (Å²) in [6.07, 6.45) is 71.5. The topological polar surface area (TPSA) is 61.8 Å². The molecule has 0 amide bonds. The molecule has 0 aromatic carbocycles. The molecule has 0 fully saturated rings. The van der Waals surface area contributed by atoms with E-state index in [-0.39, 0.29) is 25.2 Å². The van der Waals surface area contributed by atoms with Crippen molar-refractivity contribution >= 4 is 11.9 Å². The largest absolute Gasteiger partial charge is 0.463 e. The van der Waals surface area contributed by atoms with Crippen molar-refractivity contribution in [2.75, 3.05) is 19.8 Å². The van der Waals surface area contributed by atoms with E-state index in [2.05, 4.69) is 69.4 Å². The van der Waals surface area contributed by atoms with E-state index in [9.17, 15) is 9.59 Å². The van der Waals surface area contributed by atoms with Gasteiger partial charge >= 0.3 is 11.9 Å². The lowest BCUT2D eigenvalue weighted by Gasteiger charge is -2.18. The van der Waals surface area contributed by atoms with Crippen molar-refractivity contribution in [3.63, 3.8) is 0 Å². The van der Waals surface area contributed by atoms with Crippen LogP contribution in [0.4, 0.5) is 0 Å². The highest BCUT2D eigenvalue weighted by atomic mass is 16.6. The van der Waals surface area contributed by atoms with Crippen LogP contribution in [-0.2, 0) is 23.8 Å². The summed E-state index contributed by atoms with van der Waals surface area (Å²) in [6.45, 7) is 7.70. The summed E-state index contributed by atoms with van der Waals surface area (Å²) in [6, 6.07) is 0. The molecule has 0 aliphatic heterocycles. The molecule has 0 aliphatic carbocycles. The second-order valence-electron chi connectivity index (χ2n) is 19.5. The number of allylic oxidation sites excluding steroid dienone is 8. The molecule has 0 aromatic heterocycles. The molecule has 0 unspecified atom stereocenters. The third kappa shape index (κ3) is 54.5. The molecule has 0 N–H and O–H groups in total. The molecule has 0 spiro atoms. The van der Waals surface area contributed by atoms with Crippen molar-refractivity contribution in [1.29, 1.82) is 0 Å². The standard InChI is InChI=1S/C61H112O5/c1-4-7-10-13-16-19-22-25-28-30-31-32-34-37-40-43-46-49-52-55-61(63)66-58-59(64-56-53-50-47-44-41-38-35-29-26-23-20-17-14-11-8-5-2)57-65-60(62)54-51-48-45-42-39-36-33-27-24-21-18-15-12-9-6-3/h18,21,25,27-28,33,39,42,59H,4-17,19-20,22-24,26,29-32,34-38,40-41,43-58H2,1-3H3/b21-18-,28-25-,33-27-,42-39-/t59-/m1/s1. The molecule has 0 saturated heterocycles. The van der Waals surface area contributed by atoms with Crippen LogP contribution in [-0.4, -0.2) is 37.9 Å². The molecule has 5 nitrogen and oxygen atoms in total. The Hall–Kier alpha value is -2.14. The number of unbranched alkanes of at least 4 members (excludes halogenated alkanes) is 35. The first-order chi connectivity index (χ1) is 32.6. The second-order valence-corrected chi connectivity index (χ2v) is 19.5. The molecule has 1 atom stereocenters. The van der Waals surface area contributed by atoms with E-state index in [0.29, 0.717) is 19.4 Å². The van der Waals surface area contributed by atoms with E-state index in [1.165, 1.54) is 212 Å². The minimum absolute atomic E-state index is 0.140. The summed E-state index contributed by atoms with van der Waals surface area (Å²) < 4.78 is 17.5. The maximum Gasteiger partial charge on any atom is 0.305 e. The molecule has 0 aromatic rings. The normalized spacial score (nSPS) is 12.5. The second kappa shape index (κ2) is 57.2. The van der Waals surface area contributed by atoms with E-state index >= 15 is 0 Å². The Kier molecular flexibility index (Phi) is 55.3. The first kappa shape index (κ1) is 63.9. The molecule has 5 heteroatoms. The van der Waals surface area contributed by atoms with Crippen molar-refractivity contribution in [1.82, 2.24) is 0 Å². The van der Waals surface area contributed by atoms with E-state index in [0.717, 1.165) is 57.8 Å². The molecule has 0 bridgehead atoms. The third-order valence-electron chi connectivity index (χ3n) is 12.9. The van der Waals surface area contributed by atoms with Crippen molar-refractivity contribution in [3.05, 3.63) is 48.6 Å². The van der Waals surface area contributed by atoms with E-state index in [1.807, 2.05) is 0 Å². The number of esters is 2. The van der Waals surface area contributed by atoms with Gasteiger partial charge in [0.15, 0.2) is 0 Å². The monoisotopic (exact) mass is 925 g/mol. The van der Waals surface area contributed by atoms with Crippen LogP contribution in [0.3, 0.4) is 0 Å². The van der Waals surface area contributed by atoms with Crippen LogP contribution in [0.15, 0.2) is 48.6 Å². The van der Waals surface area contributed by atoms with Crippen molar-refractivity contribution in [2.24, 2.45) is 0 Å². The lowest BCUT2D eigenvalue weighted by atomic mass is 10.0. The number of carbonyl (C=O) groups excluding carboxylic acids is 2. The molecule has 66 heavy (non-hydrogen) atoms. The fourth-order valence-corrected chi connectivity index (χ4v) is 8.43. The van der Waals surface area contributed by atoms with Crippen LogP contribution in [0, 0.1) is 0 Å². The molecule has 0 heterocycles. The number of hydrogen-bond donors (Lipinski definition) is 0. The lowest BCUT2D eigenvalue weighted by Crippen LogP contribution is -2.29. The number of hydrogen-bond acceptors (Lipinski definition) is 5. The van der Waals surface area contributed by atoms with E-state index in [1.54, 1.807) is 0 Å². The van der Waals surface area contributed by atoms with Gasteiger partial charge in [0, 0.05) is 19.4 Å². The summed E-state index contributed by atoms with van der Waals surface area (Å²) in [5.41, 5.74) is 0. The fourth-order valence-electron chi connectivity index (χ4n) is 8.43. The quantitative estimate of drug-likeness (QED) is 0.0345. The zero-order valence-electron chi connectivity index (χ0n) is 44.5. The van der Waals surface area contributed by atoms with Gasteiger partial charge in [0.1, 0.15) is 19.3 Å². The van der Waals surface area contributed by atoms with Gasteiger partial charge in [-0.2, -0.15) is 0 Å². The number of ether oxygens (including phenoxy) is 3. The van der Waals surface area contributed by atoms with Crippen LogP contribution in [0.25, 0.3) is 0 Å². The summed E-state index contributed by atoms with van der Waals surface area (Å²) in [5, 5.41) is 0. The molecule has 0 aliphatic rings. The lowest BCUT2D eigenvalue weighted by molar-refractivity contribution is -0.155. The summed E-state index contributed by atoms with van der Waals surface area (Å²) in [4.78, 5) is 25.3. The number of carbonyl (C=O) groups is 2.